The van der Waals surface area contributed by atoms with Gasteiger partial charge in [0.25, 0.3) is 0 Å². The van der Waals surface area contributed by atoms with Crippen molar-refractivity contribution in [2.75, 3.05) is 13.2 Å². The first kappa shape index (κ1) is 22.3. The van der Waals surface area contributed by atoms with Gasteiger partial charge in [0.05, 0.1) is 6.61 Å². The van der Waals surface area contributed by atoms with Crippen molar-refractivity contribution in [1.82, 2.24) is 10.2 Å². The summed E-state index contributed by atoms with van der Waals surface area (Å²) in [6, 6.07) is 17.3. The minimum absolute atomic E-state index is 0.143. The van der Waals surface area contributed by atoms with E-state index in [-0.39, 0.29) is 19.1 Å². The first-order valence-corrected chi connectivity index (χ1v) is 10.6. The number of esters is 1. The van der Waals surface area contributed by atoms with E-state index in [1.165, 1.54) is 4.90 Å². The van der Waals surface area contributed by atoms with Crippen LogP contribution in [-0.4, -0.2) is 48.1 Å². The van der Waals surface area contributed by atoms with Crippen LogP contribution < -0.4 is 5.32 Å². The number of ether oxygens (including phenoxy) is 2. The molecule has 2 aromatic carbocycles. The van der Waals surface area contributed by atoms with Crippen molar-refractivity contribution >= 4 is 18.0 Å². The van der Waals surface area contributed by atoms with Gasteiger partial charge in [0, 0.05) is 13.0 Å². The number of carbonyl (C=O) groups is 3. The van der Waals surface area contributed by atoms with Crippen LogP contribution in [0.5, 0.6) is 0 Å². The molecular formula is C24H28N2O5. The van der Waals surface area contributed by atoms with Gasteiger partial charge < -0.3 is 14.8 Å². The predicted molar refractivity (Wildman–Crippen MR) is 115 cm³/mol. The highest BCUT2D eigenvalue weighted by molar-refractivity contribution is 5.90. The second kappa shape index (κ2) is 11.2. The molecule has 2 atom stereocenters. The van der Waals surface area contributed by atoms with E-state index in [0.717, 1.165) is 11.1 Å². The normalized spacial score (nSPS) is 16.4. The Labute approximate surface area is 182 Å². The monoisotopic (exact) mass is 424 g/mol. The average Bonchev–Trinajstić information content (AvgIpc) is 3.29. The third kappa shape index (κ3) is 6.31. The molecule has 1 saturated heterocycles. The van der Waals surface area contributed by atoms with Gasteiger partial charge in [-0.3, -0.25) is 9.69 Å². The van der Waals surface area contributed by atoms with Crippen molar-refractivity contribution in [3.63, 3.8) is 0 Å². The Morgan fingerprint density at radius 3 is 2.29 bits per heavy atom. The van der Waals surface area contributed by atoms with Crippen molar-refractivity contribution in [1.29, 1.82) is 0 Å². The molecule has 31 heavy (non-hydrogen) atoms. The zero-order valence-corrected chi connectivity index (χ0v) is 17.7. The quantitative estimate of drug-likeness (QED) is 0.659. The van der Waals surface area contributed by atoms with Gasteiger partial charge in [0.15, 0.2) is 0 Å². The molecule has 1 fully saturated rings. The summed E-state index contributed by atoms with van der Waals surface area (Å²) in [5.41, 5.74) is 1.78. The standard InChI is InChI=1S/C24H28N2O5/c1-2-30-23(28)20(16-18-10-5-3-6-11-18)25-22(27)21-14-9-15-26(21)24(29)31-17-19-12-7-4-8-13-19/h3-8,10-13,20-21H,2,9,14-17H2,1H3,(H,25,27). The Bertz CT molecular complexity index is 872. The molecule has 164 valence electrons. The van der Waals surface area contributed by atoms with E-state index in [4.69, 9.17) is 9.47 Å². The molecule has 0 bridgehead atoms. The minimum Gasteiger partial charge on any atom is -0.464 e. The number of likely N-dealkylation sites (tertiary alicyclic amines) is 1. The molecule has 0 aromatic heterocycles. The largest absolute Gasteiger partial charge is 0.464 e. The Morgan fingerprint density at radius 1 is 1.00 bits per heavy atom. The topological polar surface area (TPSA) is 84.9 Å². The number of nitrogens with zero attached hydrogens (tertiary/aromatic N) is 1. The number of amides is 2. The molecule has 7 nitrogen and oxygen atoms in total. The van der Waals surface area contributed by atoms with Gasteiger partial charge in [-0.05, 0) is 30.9 Å². The Morgan fingerprint density at radius 2 is 1.65 bits per heavy atom. The number of hydrogen-bond acceptors (Lipinski definition) is 5. The van der Waals surface area contributed by atoms with Crippen molar-refractivity contribution in [2.24, 2.45) is 0 Å². The molecule has 2 amide bonds. The molecular weight excluding hydrogens is 396 g/mol. The maximum absolute atomic E-state index is 13.0. The molecule has 0 saturated carbocycles. The second-order valence-electron chi connectivity index (χ2n) is 7.39. The van der Waals surface area contributed by atoms with Crippen LogP contribution in [0.15, 0.2) is 60.7 Å². The highest BCUT2D eigenvalue weighted by Gasteiger charge is 2.37. The molecule has 1 aliphatic rings. The van der Waals surface area contributed by atoms with E-state index < -0.39 is 24.1 Å². The van der Waals surface area contributed by atoms with Crippen LogP contribution in [0, 0.1) is 0 Å². The summed E-state index contributed by atoms with van der Waals surface area (Å²) in [6.45, 7) is 2.53. The molecule has 7 heteroatoms. The van der Waals surface area contributed by atoms with Crippen molar-refractivity contribution in [2.45, 2.75) is 44.9 Å². The van der Waals surface area contributed by atoms with Gasteiger partial charge in [-0.1, -0.05) is 60.7 Å². The number of nitrogens with one attached hydrogen (secondary N) is 1. The molecule has 2 unspecified atom stereocenters. The zero-order chi connectivity index (χ0) is 22.1. The molecule has 1 aliphatic heterocycles. The van der Waals surface area contributed by atoms with Crippen LogP contribution in [0.2, 0.25) is 0 Å². The molecule has 1 N–H and O–H groups in total. The van der Waals surface area contributed by atoms with E-state index in [0.29, 0.717) is 25.8 Å². The first-order valence-electron chi connectivity index (χ1n) is 10.6. The van der Waals surface area contributed by atoms with Gasteiger partial charge >= 0.3 is 12.1 Å². The fourth-order valence-corrected chi connectivity index (χ4v) is 3.61. The number of rotatable bonds is 8. The molecule has 1 heterocycles. The van der Waals surface area contributed by atoms with Crippen molar-refractivity contribution in [3.8, 4) is 0 Å². The molecule has 2 aromatic rings. The first-order chi connectivity index (χ1) is 15.1. The van der Waals surface area contributed by atoms with Crippen LogP contribution in [-0.2, 0) is 32.1 Å². The molecule has 3 rings (SSSR count). The maximum atomic E-state index is 13.0. The summed E-state index contributed by atoms with van der Waals surface area (Å²) < 4.78 is 10.5. The van der Waals surface area contributed by atoms with Crippen molar-refractivity contribution in [3.05, 3.63) is 71.8 Å². The summed E-state index contributed by atoms with van der Waals surface area (Å²) in [5, 5.41) is 2.79. The van der Waals surface area contributed by atoms with Gasteiger partial charge in [-0.25, -0.2) is 9.59 Å². The summed E-state index contributed by atoms with van der Waals surface area (Å²) >= 11 is 0. The fourth-order valence-electron chi connectivity index (χ4n) is 3.61. The Hall–Kier alpha value is -3.35. The smallest absolute Gasteiger partial charge is 0.410 e. The van der Waals surface area contributed by atoms with E-state index in [1.807, 2.05) is 60.7 Å². The summed E-state index contributed by atoms with van der Waals surface area (Å²) in [4.78, 5) is 39.4. The fraction of sp³-hybridized carbons (Fsp3) is 0.375. The maximum Gasteiger partial charge on any atom is 0.410 e. The number of benzene rings is 2. The Kier molecular flexibility index (Phi) is 8.04. The highest BCUT2D eigenvalue weighted by atomic mass is 16.6. The van der Waals surface area contributed by atoms with E-state index in [2.05, 4.69) is 5.32 Å². The van der Waals surface area contributed by atoms with Crippen LogP contribution in [0.25, 0.3) is 0 Å². The molecule has 0 spiro atoms. The lowest BCUT2D eigenvalue weighted by atomic mass is 10.1. The van der Waals surface area contributed by atoms with Gasteiger partial charge in [-0.15, -0.1) is 0 Å². The van der Waals surface area contributed by atoms with Gasteiger partial charge in [-0.2, -0.15) is 0 Å². The van der Waals surface area contributed by atoms with Crippen LogP contribution in [0.1, 0.15) is 30.9 Å². The van der Waals surface area contributed by atoms with E-state index in [1.54, 1.807) is 6.92 Å². The van der Waals surface area contributed by atoms with Crippen LogP contribution >= 0.6 is 0 Å². The SMILES string of the molecule is CCOC(=O)C(Cc1ccccc1)NC(=O)C1CCCN1C(=O)OCc1ccccc1. The second-order valence-corrected chi connectivity index (χ2v) is 7.39. The highest BCUT2D eigenvalue weighted by Crippen LogP contribution is 2.20. The molecule has 0 radical (unpaired) electrons. The Balaban J connectivity index is 1.62. The average molecular weight is 424 g/mol. The lowest BCUT2D eigenvalue weighted by molar-refractivity contribution is -0.147. The third-order valence-corrected chi connectivity index (χ3v) is 5.17. The number of hydrogen-bond donors (Lipinski definition) is 1. The minimum atomic E-state index is -0.822. The lowest BCUT2D eigenvalue weighted by Gasteiger charge is -2.25. The van der Waals surface area contributed by atoms with Crippen molar-refractivity contribution < 1.29 is 23.9 Å². The summed E-state index contributed by atoms with van der Waals surface area (Å²) in [5.74, 6) is -0.862. The summed E-state index contributed by atoms with van der Waals surface area (Å²) in [7, 11) is 0. The van der Waals surface area contributed by atoms with Crippen LogP contribution in [0.4, 0.5) is 4.79 Å². The van der Waals surface area contributed by atoms with Gasteiger partial charge in [0.2, 0.25) is 5.91 Å². The van der Waals surface area contributed by atoms with E-state index in [9.17, 15) is 14.4 Å². The van der Waals surface area contributed by atoms with Crippen LogP contribution in [0.3, 0.4) is 0 Å². The number of carbonyl (C=O) groups excluding carboxylic acids is 3. The third-order valence-electron chi connectivity index (χ3n) is 5.17. The molecule has 0 aliphatic carbocycles. The van der Waals surface area contributed by atoms with E-state index >= 15 is 0 Å². The lowest BCUT2D eigenvalue weighted by Crippen LogP contribution is -2.52. The predicted octanol–water partition coefficient (Wildman–Crippen LogP) is 3.08. The van der Waals surface area contributed by atoms with Gasteiger partial charge in [0.1, 0.15) is 18.7 Å². The summed E-state index contributed by atoms with van der Waals surface area (Å²) in [6.07, 6.45) is 1.00. The zero-order valence-electron chi connectivity index (χ0n) is 17.7.